The molecule has 8 nitrogen and oxygen atoms in total. The summed E-state index contributed by atoms with van der Waals surface area (Å²) in [4.78, 5) is 31.8. The molecule has 1 aromatic heterocycles. The largest absolute Gasteiger partial charge is 0.493 e. The molecule has 166 valence electrons. The molecular weight excluding hydrogens is 430 g/mol. The smallest absolute Gasteiger partial charge is 0.271 e. The van der Waals surface area contributed by atoms with Crippen LogP contribution in [0.3, 0.4) is 0 Å². The maximum absolute atomic E-state index is 13.1. The monoisotopic (exact) mass is 453 g/mol. The number of anilines is 1. The molecular formula is C23H23N3O5S. The zero-order chi connectivity index (χ0) is 22.8. The molecule has 0 fully saturated rings. The first-order valence-electron chi connectivity index (χ1n) is 9.87. The highest BCUT2D eigenvalue weighted by molar-refractivity contribution is 7.07. The van der Waals surface area contributed by atoms with Gasteiger partial charge < -0.3 is 19.1 Å². The zero-order valence-corrected chi connectivity index (χ0v) is 19.1. The first-order valence-corrected chi connectivity index (χ1v) is 10.7. The Morgan fingerprint density at radius 1 is 1.06 bits per heavy atom. The van der Waals surface area contributed by atoms with Gasteiger partial charge in [-0.1, -0.05) is 11.3 Å². The van der Waals surface area contributed by atoms with Crippen LogP contribution in [0.4, 0.5) is 5.69 Å². The van der Waals surface area contributed by atoms with Gasteiger partial charge in [-0.25, -0.2) is 4.99 Å². The highest BCUT2D eigenvalue weighted by Crippen LogP contribution is 2.38. The average Bonchev–Trinajstić information content (AvgIpc) is 3.12. The zero-order valence-electron chi connectivity index (χ0n) is 18.2. The van der Waals surface area contributed by atoms with E-state index in [0.717, 1.165) is 11.3 Å². The van der Waals surface area contributed by atoms with Crippen LogP contribution in [0.25, 0.3) is 6.08 Å². The number of Topliss-reactive ketones (excluding diaryl/α,β-unsaturated/α-hetero) is 1. The number of aromatic nitrogens is 1. The minimum Gasteiger partial charge on any atom is -0.493 e. The highest BCUT2D eigenvalue weighted by atomic mass is 32.1. The van der Waals surface area contributed by atoms with Crippen molar-refractivity contribution in [2.75, 3.05) is 32.9 Å². The van der Waals surface area contributed by atoms with Gasteiger partial charge in [0, 0.05) is 11.3 Å². The van der Waals surface area contributed by atoms with E-state index in [2.05, 4.69) is 4.99 Å². The lowest BCUT2D eigenvalue weighted by molar-refractivity contribution is 0.101. The molecule has 0 unspecified atom stereocenters. The van der Waals surface area contributed by atoms with Gasteiger partial charge in [0.2, 0.25) is 5.75 Å². The third kappa shape index (κ3) is 3.99. The van der Waals surface area contributed by atoms with Crippen molar-refractivity contribution < 1.29 is 19.0 Å². The van der Waals surface area contributed by atoms with E-state index < -0.39 is 0 Å². The Balaban J connectivity index is 1.69. The van der Waals surface area contributed by atoms with E-state index in [4.69, 9.17) is 14.2 Å². The normalized spacial score (nSPS) is 13.4. The van der Waals surface area contributed by atoms with E-state index in [1.807, 2.05) is 17.0 Å². The number of carbonyl (C=O) groups excluding carboxylic acids is 1. The van der Waals surface area contributed by atoms with Gasteiger partial charge in [0.25, 0.3) is 5.56 Å². The van der Waals surface area contributed by atoms with Crippen molar-refractivity contribution in [2.45, 2.75) is 13.6 Å². The van der Waals surface area contributed by atoms with E-state index in [9.17, 15) is 9.59 Å². The molecule has 1 aliphatic heterocycles. The summed E-state index contributed by atoms with van der Waals surface area (Å²) in [5.74, 6) is 1.55. The number of thiazole rings is 1. The van der Waals surface area contributed by atoms with E-state index in [-0.39, 0.29) is 11.3 Å². The molecule has 0 atom stereocenters. The van der Waals surface area contributed by atoms with Crippen LogP contribution < -0.4 is 34.0 Å². The van der Waals surface area contributed by atoms with Crippen molar-refractivity contribution in [3.8, 4) is 17.2 Å². The molecule has 0 amide bonds. The van der Waals surface area contributed by atoms with Crippen molar-refractivity contribution >= 4 is 28.9 Å². The summed E-state index contributed by atoms with van der Waals surface area (Å²) < 4.78 is 18.4. The molecule has 0 aliphatic carbocycles. The van der Waals surface area contributed by atoms with E-state index >= 15 is 0 Å². The second kappa shape index (κ2) is 8.88. The topological polar surface area (TPSA) is 82.4 Å². The molecule has 0 bridgehead atoms. The Bertz CT molecular complexity index is 1320. The number of hydrogen-bond acceptors (Lipinski definition) is 8. The van der Waals surface area contributed by atoms with Gasteiger partial charge >= 0.3 is 0 Å². The first-order chi connectivity index (χ1) is 15.4. The van der Waals surface area contributed by atoms with Gasteiger partial charge in [-0.2, -0.15) is 0 Å². The molecule has 0 saturated carbocycles. The van der Waals surface area contributed by atoms with Gasteiger partial charge in [0.05, 0.1) is 25.9 Å². The van der Waals surface area contributed by atoms with E-state index in [1.54, 1.807) is 56.2 Å². The van der Waals surface area contributed by atoms with Gasteiger partial charge in [0.1, 0.15) is 13.3 Å². The number of methoxy groups -OCH3 is 3. The van der Waals surface area contributed by atoms with Crippen LogP contribution in [0, 0.1) is 0 Å². The number of ketones is 1. The molecule has 4 rings (SSSR count). The minimum atomic E-state index is -0.118. The lowest BCUT2D eigenvalue weighted by Gasteiger charge is -2.25. The Kier molecular flexibility index (Phi) is 6.00. The number of carbonyl (C=O) groups is 1. The molecule has 9 heteroatoms. The maximum Gasteiger partial charge on any atom is 0.271 e. The molecule has 1 aliphatic rings. The van der Waals surface area contributed by atoms with E-state index in [1.165, 1.54) is 18.3 Å². The molecule has 0 N–H and O–H groups in total. The summed E-state index contributed by atoms with van der Waals surface area (Å²) >= 11 is 1.34. The molecule has 0 saturated heterocycles. The van der Waals surface area contributed by atoms with Gasteiger partial charge in [-0.3, -0.25) is 14.2 Å². The fourth-order valence-corrected chi connectivity index (χ4v) is 4.48. The molecule has 2 heterocycles. The molecule has 0 spiro atoms. The predicted molar refractivity (Wildman–Crippen MR) is 123 cm³/mol. The fourth-order valence-electron chi connectivity index (χ4n) is 3.52. The summed E-state index contributed by atoms with van der Waals surface area (Å²) in [5.41, 5.74) is 2.19. The van der Waals surface area contributed by atoms with Crippen LogP contribution in [0.5, 0.6) is 17.2 Å². The van der Waals surface area contributed by atoms with Crippen LogP contribution in [-0.2, 0) is 6.67 Å². The summed E-state index contributed by atoms with van der Waals surface area (Å²) in [6.07, 6.45) is 1.80. The number of fused-ring (bicyclic) bond motifs is 1. The highest BCUT2D eigenvalue weighted by Gasteiger charge is 2.17. The van der Waals surface area contributed by atoms with Crippen LogP contribution in [0.15, 0.2) is 46.2 Å². The van der Waals surface area contributed by atoms with Crippen molar-refractivity contribution in [2.24, 2.45) is 4.99 Å². The van der Waals surface area contributed by atoms with Crippen molar-refractivity contribution in [1.82, 2.24) is 4.57 Å². The summed E-state index contributed by atoms with van der Waals surface area (Å²) in [7, 11) is 4.65. The van der Waals surface area contributed by atoms with Crippen molar-refractivity contribution in [3.05, 3.63) is 67.2 Å². The third-order valence-corrected chi connectivity index (χ3v) is 6.25. The summed E-state index contributed by atoms with van der Waals surface area (Å²) in [5, 5.41) is 0. The predicted octanol–water partition coefficient (Wildman–Crippen LogP) is 2.02. The molecule has 3 aromatic rings. The first kappa shape index (κ1) is 21.6. The number of rotatable bonds is 6. The Labute approximate surface area is 188 Å². The van der Waals surface area contributed by atoms with Crippen LogP contribution in [0.2, 0.25) is 0 Å². The van der Waals surface area contributed by atoms with Gasteiger partial charge in [-0.05, 0) is 55.0 Å². The van der Waals surface area contributed by atoms with Gasteiger partial charge in [0.15, 0.2) is 22.1 Å². The maximum atomic E-state index is 13.1. The minimum absolute atomic E-state index is 0.0168. The number of hydrogen-bond donors (Lipinski definition) is 0. The number of nitrogens with zero attached hydrogens (tertiary/aromatic N) is 3. The van der Waals surface area contributed by atoms with E-state index in [0.29, 0.717) is 45.5 Å². The molecule has 2 aromatic carbocycles. The lowest BCUT2D eigenvalue weighted by Crippen LogP contribution is -2.42. The van der Waals surface area contributed by atoms with Crippen LogP contribution in [-0.4, -0.2) is 38.3 Å². The molecule has 32 heavy (non-hydrogen) atoms. The Morgan fingerprint density at radius 2 is 1.72 bits per heavy atom. The second-order valence-electron chi connectivity index (χ2n) is 7.17. The number of benzene rings is 2. The summed E-state index contributed by atoms with van der Waals surface area (Å²) in [6, 6.07) is 10.9. The SMILES string of the molecule is COc1cc(C=c2sc3n(c2=O)CN(c2ccc(C(C)=O)cc2)CN=3)cc(OC)c1OC. The van der Waals surface area contributed by atoms with Crippen LogP contribution >= 0.6 is 11.3 Å². The second-order valence-corrected chi connectivity index (χ2v) is 8.18. The average molecular weight is 454 g/mol. The van der Waals surface area contributed by atoms with Crippen LogP contribution in [0.1, 0.15) is 22.8 Å². The summed E-state index contributed by atoms with van der Waals surface area (Å²) in [6.45, 7) is 2.36. The van der Waals surface area contributed by atoms with Crippen molar-refractivity contribution in [1.29, 1.82) is 0 Å². The third-order valence-electron chi connectivity index (χ3n) is 5.20. The lowest BCUT2D eigenvalue weighted by atomic mass is 10.1. The number of ether oxygens (including phenoxy) is 3. The van der Waals surface area contributed by atoms with Crippen molar-refractivity contribution in [3.63, 3.8) is 0 Å². The fraction of sp³-hybridized carbons (Fsp3) is 0.261. The quantitative estimate of drug-likeness (QED) is 0.531. The van der Waals surface area contributed by atoms with Gasteiger partial charge in [-0.15, -0.1) is 0 Å². The Hall–Kier alpha value is -3.59. The Morgan fingerprint density at radius 3 is 2.28 bits per heavy atom. The standard InChI is InChI=1S/C23H23N3O5S/c1-14(27)16-5-7-17(8-6-16)25-12-24-23-26(13-25)22(28)20(32-23)11-15-9-18(29-2)21(31-4)19(10-15)30-3/h5-11H,12-13H2,1-4H3. The molecule has 0 radical (unpaired) electrons.